The second kappa shape index (κ2) is 13.0. The monoisotopic (exact) mass is 665 g/mol. The van der Waals surface area contributed by atoms with E-state index in [0.29, 0.717) is 61.7 Å². The third-order valence-corrected chi connectivity index (χ3v) is 8.87. The molecule has 4 heterocycles. The van der Waals surface area contributed by atoms with Gasteiger partial charge in [-0.1, -0.05) is 24.3 Å². The number of anilines is 2. The van der Waals surface area contributed by atoms with Crippen LogP contribution >= 0.6 is 0 Å². The summed E-state index contributed by atoms with van der Waals surface area (Å²) in [6.07, 6.45) is -3.78. The van der Waals surface area contributed by atoms with E-state index < -0.39 is 24.3 Å². The number of alkyl halides is 3. The van der Waals surface area contributed by atoms with Crippen LogP contribution in [0.1, 0.15) is 50.5 Å². The van der Waals surface area contributed by atoms with E-state index in [4.69, 9.17) is 15.2 Å². The van der Waals surface area contributed by atoms with Gasteiger partial charge in [-0.25, -0.2) is 4.68 Å². The highest BCUT2D eigenvalue weighted by Crippen LogP contribution is 2.43. The number of ether oxygens (including phenoxy) is 2. The van der Waals surface area contributed by atoms with Gasteiger partial charge in [-0.3, -0.25) is 4.79 Å². The lowest BCUT2D eigenvalue weighted by Crippen LogP contribution is -2.41. The number of carbonyl (C=O) groups is 1. The van der Waals surface area contributed by atoms with E-state index in [1.807, 2.05) is 43.0 Å². The molecule has 2 aromatic carbocycles. The molecule has 48 heavy (non-hydrogen) atoms. The first-order valence-corrected chi connectivity index (χ1v) is 15.8. The minimum absolute atomic E-state index is 0.0472. The van der Waals surface area contributed by atoms with Gasteiger partial charge in [0, 0.05) is 37.5 Å². The zero-order valence-electron chi connectivity index (χ0n) is 26.9. The fourth-order valence-corrected chi connectivity index (χ4v) is 6.48. The van der Waals surface area contributed by atoms with Crippen molar-refractivity contribution in [1.82, 2.24) is 25.1 Å². The maximum atomic E-state index is 14.9. The van der Waals surface area contributed by atoms with Crippen molar-refractivity contribution in [3.63, 3.8) is 0 Å². The average Bonchev–Trinajstić information content (AvgIpc) is 3.65. The first-order chi connectivity index (χ1) is 22.8. The number of hydrogen-bond acceptors (Lipinski definition) is 9. The lowest BCUT2D eigenvalue weighted by Gasteiger charge is -2.39. The Balaban J connectivity index is 1.31. The molecule has 0 aliphatic carbocycles. The number of halogens is 3. The SMILES string of the molecule is Cc1ccn(-c2cc(-c3cccc(OC(C)C)c3)ccc2[C@@H](Oc2cc(N3CCC4(CC3)CNC(C(=O)O)C4)nc(N)n2)C(F)(F)F)n1. The molecule has 0 saturated carbocycles. The number of carboxylic acid groups (broad SMARTS) is 1. The summed E-state index contributed by atoms with van der Waals surface area (Å²) in [4.78, 5) is 21.7. The fourth-order valence-electron chi connectivity index (χ4n) is 6.48. The molecule has 254 valence electrons. The van der Waals surface area contributed by atoms with Crippen LogP contribution in [0.4, 0.5) is 24.9 Å². The third kappa shape index (κ3) is 7.18. The molecule has 2 aromatic heterocycles. The summed E-state index contributed by atoms with van der Waals surface area (Å²) in [5.74, 6) is -0.427. The van der Waals surface area contributed by atoms with Crippen molar-refractivity contribution >= 4 is 17.7 Å². The third-order valence-electron chi connectivity index (χ3n) is 8.87. The Bertz CT molecular complexity index is 1790. The molecule has 2 fully saturated rings. The molecule has 4 aromatic rings. The molecular weight excluding hydrogens is 627 g/mol. The van der Waals surface area contributed by atoms with Gasteiger partial charge >= 0.3 is 12.1 Å². The summed E-state index contributed by atoms with van der Waals surface area (Å²) in [7, 11) is 0. The van der Waals surface area contributed by atoms with E-state index in [-0.39, 0.29) is 34.6 Å². The van der Waals surface area contributed by atoms with Crippen molar-refractivity contribution in [3.05, 3.63) is 72.1 Å². The molecule has 2 aliphatic rings. The first-order valence-electron chi connectivity index (χ1n) is 15.8. The number of aliphatic carboxylic acids is 1. The summed E-state index contributed by atoms with van der Waals surface area (Å²) in [5, 5.41) is 16.9. The first kappa shape index (κ1) is 33.1. The Morgan fingerprint density at radius 2 is 1.81 bits per heavy atom. The van der Waals surface area contributed by atoms with Crippen molar-refractivity contribution in [2.24, 2.45) is 5.41 Å². The van der Waals surface area contributed by atoms with Crippen molar-refractivity contribution in [1.29, 1.82) is 0 Å². The van der Waals surface area contributed by atoms with Crippen molar-refractivity contribution < 1.29 is 32.5 Å². The largest absolute Gasteiger partial charge is 0.491 e. The molecule has 1 unspecified atom stereocenters. The zero-order chi connectivity index (χ0) is 34.2. The molecule has 2 aliphatic heterocycles. The number of aryl methyl sites for hydroxylation is 1. The Hall–Kier alpha value is -4.85. The average molecular weight is 666 g/mol. The number of hydrogen-bond donors (Lipinski definition) is 3. The fraction of sp³-hybridized carbons (Fsp3) is 0.412. The van der Waals surface area contributed by atoms with Gasteiger partial charge < -0.3 is 30.5 Å². The van der Waals surface area contributed by atoms with Crippen LogP contribution in [0.3, 0.4) is 0 Å². The molecule has 6 rings (SSSR count). The van der Waals surface area contributed by atoms with Gasteiger partial charge in [0.1, 0.15) is 17.6 Å². The summed E-state index contributed by atoms with van der Waals surface area (Å²) >= 11 is 0. The van der Waals surface area contributed by atoms with Crippen LogP contribution in [0.5, 0.6) is 11.6 Å². The Morgan fingerprint density at radius 1 is 1.06 bits per heavy atom. The van der Waals surface area contributed by atoms with Crippen LogP contribution in [-0.2, 0) is 4.79 Å². The van der Waals surface area contributed by atoms with Crippen molar-refractivity contribution in [2.75, 3.05) is 30.3 Å². The van der Waals surface area contributed by atoms with Gasteiger partial charge in [0.15, 0.2) is 0 Å². The number of nitrogens with zero attached hydrogens (tertiary/aromatic N) is 5. The summed E-state index contributed by atoms with van der Waals surface area (Å²) in [6, 6.07) is 14.5. The van der Waals surface area contributed by atoms with Crippen LogP contribution in [-0.4, -0.2) is 68.8 Å². The number of nitrogens with two attached hydrogens (primary N) is 1. The van der Waals surface area contributed by atoms with Gasteiger partial charge in [0.25, 0.3) is 0 Å². The van der Waals surface area contributed by atoms with Gasteiger partial charge in [-0.05, 0) is 80.8 Å². The minimum atomic E-state index is -4.84. The second-order valence-corrected chi connectivity index (χ2v) is 12.8. The number of carboxylic acids is 1. The van der Waals surface area contributed by atoms with Gasteiger partial charge in [0.05, 0.1) is 17.5 Å². The van der Waals surface area contributed by atoms with Crippen molar-refractivity contribution in [2.45, 2.75) is 64.5 Å². The van der Waals surface area contributed by atoms with E-state index in [1.165, 1.54) is 16.8 Å². The predicted molar refractivity (Wildman–Crippen MR) is 173 cm³/mol. The predicted octanol–water partition coefficient (Wildman–Crippen LogP) is 5.72. The number of nitrogens with one attached hydrogen (secondary N) is 1. The lowest BCUT2D eigenvalue weighted by molar-refractivity contribution is -0.198. The molecule has 2 saturated heterocycles. The molecule has 0 amide bonds. The zero-order valence-corrected chi connectivity index (χ0v) is 26.9. The van der Waals surface area contributed by atoms with E-state index in [0.717, 1.165) is 5.56 Å². The normalized spacial score (nSPS) is 18.3. The summed E-state index contributed by atoms with van der Waals surface area (Å²) < 4.78 is 57.6. The maximum absolute atomic E-state index is 14.9. The highest BCUT2D eigenvalue weighted by Gasteiger charge is 2.46. The van der Waals surface area contributed by atoms with E-state index in [1.54, 1.807) is 31.3 Å². The highest BCUT2D eigenvalue weighted by atomic mass is 19.4. The highest BCUT2D eigenvalue weighted by molar-refractivity contribution is 5.74. The quantitative estimate of drug-likeness (QED) is 0.203. The van der Waals surface area contributed by atoms with Crippen LogP contribution in [0.15, 0.2) is 60.8 Å². The van der Waals surface area contributed by atoms with E-state index >= 15 is 0 Å². The molecule has 2 atom stereocenters. The van der Waals surface area contributed by atoms with Gasteiger partial charge in [0.2, 0.25) is 17.9 Å². The number of nitrogen functional groups attached to an aromatic ring is 1. The van der Waals surface area contributed by atoms with Crippen LogP contribution in [0.25, 0.3) is 16.8 Å². The lowest BCUT2D eigenvalue weighted by atomic mass is 9.76. The topological polar surface area (TPSA) is 141 Å². The second-order valence-electron chi connectivity index (χ2n) is 12.8. The van der Waals surface area contributed by atoms with Crippen LogP contribution < -0.4 is 25.4 Å². The van der Waals surface area contributed by atoms with Gasteiger partial charge in [-0.2, -0.15) is 28.2 Å². The minimum Gasteiger partial charge on any atom is -0.491 e. The smallest absolute Gasteiger partial charge is 0.429 e. The molecule has 14 heteroatoms. The molecule has 0 bridgehead atoms. The molecule has 4 N–H and O–H groups in total. The van der Waals surface area contributed by atoms with E-state index in [9.17, 15) is 23.1 Å². The maximum Gasteiger partial charge on any atom is 0.429 e. The van der Waals surface area contributed by atoms with E-state index in [2.05, 4.69) is 20.4 Å². The molecule has 11 nitrogen and oxygen atoms in total. The number of piperidine rings is 1. The van der Waals surface area contributed by atoms with Crippen LogP contribution in [0.2, 0.25) is 0 Å². The Labute approximate surface area is 275 Å². The standard InChI is InChI=1S/C34H38F3N7O4/c1-20(2)47-24-6-4-5-22(15-24)23-7-8-25(27(16-23)44-12-9-21(3)42-44)30(34(35,36)37)48-29-17-28(40-32(38)41-29)43-13-10-33(11-14-43)18-26(31(45)46)39-19-33/h4-9,12,15-17,20,26,30,39H,10-11,13-14,18-19H2,1-3H3,(H,45,46)(H2,38,40,41)/t26?,30-/m1/s1. The summed E-state index contributed by atoms with van der Waals surface area (Å²) in [5.41, 5.74) is 7.92. The van der Waals surface area contributed by atoms with Crippen LogP contribution in [0, 0.1) is 12.3 Å². The Kier molecular flexibility index (Phi) is 8.94. The summed E-state index contributed by atoms with van der Waals surface area (Å²) in [6.45, 7) is 7.24. The number of rotatable bonds is 9. The Morgan fingerprint density at radius 3 is 2.46 bits per heavy atom. The van der Waals surface area contributed by atoms with Gasteiger partial charge in [-0.15, -0.1) is 0 Å². The number of benzene rings is 2. The number of aromatic nitrogens is 4. The molecule has 1 spiro atoms. The molecular formula is C34H38F3N7O4. The molecule has 0 radical (unpaired) electrons. The van der Waals surface area contributed by atoms with Crippen molar-refractivity contribution in [3.8, 4) is 28.4 Å².